The topological polar surface area (TPSA) is 142 Å². The molecule has 0 spiro atoms. The molecular formula is C23H19ClF3N3O6. The lowest BCUT2D eigenvalue weighted by Gasteiger charge is -2.21. The molecule has 9 nitrogen and oxygen atoms in total. The largest absolute Gasteiger partial charge is 0.479 e. The first-order valence-electron chi connectivity index (χ1n) is 10.3. The van der Waals surface area contributed by atoms with Crippen LogP contribution in [0.3, 0.4) is 0 Å². The van der Waals surface area contributed by atoms with Crippen LogP contribution in [-0.4, -0.2) is 55.1 Å². The Morgan fingerprint density at radius 3 is 2.25 bits per heavy atom. The second-order valence-electron chi connectivity index (χ2n) is 7.73. The predicted octanol–water partition coefficient (Wildman–Crippen LogP) is 3.09. The average molecular weight is 526 g/mol. The van der Waals surface area contributed by atoms with Gasteiger partial charge in [-0.3, -0.25) is 9.48 Å². The van der Waals surface area contributed by atoms with Crippen molar-refractivity contribution in [3.05, 3.63) is 87.7 Å². The van der Waals surface area contributed by atoms with E-state index >= 15 is 0 Å². The summed E-state index contributed by atoms with van der Waals surface area (Å²) in [5.74, 6) is -4.03. The van der Waals surface area contributed by atoms with E-state index in [2.05, 4.69) is 10.4 Å². The molecule has 0 aliphatic heterocycles. The highest BCUT2D eigenvalue weighted by Gasteiger charge is 2.31. The fraction of sp³-hybridized carbons (Fsp3) is 0.217. The molecule has 2 atom stereocenters. The molecule has 3 aromatic rings. The molecule has 0 radical (unpaired) electrons. The minimum Gasteiger partial charge on any atom is -0.479 e. The third kappa shape index (κ3) is 6.40. The van der Waals surface area contributed by atoms with Gasteiger partial charge in [0.05, 0.1) is 18.2 Å². The number of hydrogen-bond donors (Lipinski definition) is 4. The summed E-state index contributed by atoms with van der Waals surface area (Å²) in [6.45, 7) is -0.256. The molecule has 0 aliphatic rings. The Kier molecular flexibility index (Phi) is 8.00. The van der Waals surface area contributed by atoms with E-state index in [1.54, 1.807) is 24.3 Å². The normalized spacial score (nSPS) is 13.1. The SMILES string of the molecule is O=C(N[C@H](Cc1ccccc1Cl)[C@@H](O)C(=O)O)c1cc(C(=O)O)n(Cc2ccc(C(F)(F)F)cc2)n1. The van der Waals surface area contributed by atoms with Crippen LogP contribution in [0.25, 0.3) is 0 Å². The van der Waals surface area contributed by atoms with Crippen LogP contribution in [0.1, 0.15) is 37.7 Å². The van der Waals surface area contributed by atoms with Crippen molar-refractivity contribution in [2.24, 2.45) is 0 Å². The Morgan fingerprint density at radius 2 is 1.69 bits per heavy atom. The molecule has 13 heteroatoms. The number of rotatable bonds is 9. The van der Waals surface area contributed by atoms with Crippen LogP contribution < -0.4 is 5.32 Å². The van der Waals surface area contributed by atoms with Crippen LogP contribution in [0.4, 0.5) is 13.2 Å². The monoisotopic (exact) mass is 525 g/mol. The summed E-state index contributed by atoms with van der Waals surface area (Å²) in [7, 11) is 0. The first kappa shape index (κ1) is 26.7. The number of alkyl halides is 3. The summed E-state index contributed by atoms with van der Waals surface area (Å²) in [5, 5.41) is 35.4. The van der Waals surface area contributed by atoms with Crippen LogP contribution >= 0.6 is 11.6 Å². The van der Waals surface area contributed by atoms with Crippen molar-refractivity contribution in [3.8, 4) is 0 Å². The van der Waals surface area contributed by atoms with E-state index in [4.69, 9.17) is 11.6 Å². The Morgan fingerprint density at radius 1 is 1.06 bits per heavy atom. The number of nitrogens with one attached hydrogen (secondary N) is 1. The van der Waals surface area contributed by atoms with Crippen LogP contribution in [0.5, 0.6) is 0 Å². The highest BCUT2D eigenvalue weighted by molar-refractivity contribution is 6.31. The third-order valence-corrected chi connectivity index (χ3v) is 5.56. The van der Waals surface area contributed by atoms with Gasteiger partial charge in [0.1, 0.15) is 5.69 Å². The molecule has 0 fully saturated rings. The number of aromatic carboxylic acids is 1. The van der Waals surface area contributed by atoms with Crippen LogP contribution in [0, 0.1) is 0 Å². The highest BCUT2D eigenvalue weighted by Crippen LogP contribution is 2.29. The van der Waals surface area contributed by atoms with Crippen molar-refractivity contribution in [2.75, 3.05) is 0 Å². The van der Waals surface area contributed by atoms with Crippen LogP contribution in [0.2, 0.25) is 5.02 Å². The van der Waals surface area contributed by atoms with E-state index in [1.165, 1.54) is 0 Å². The number of aromatic nitrogens is 2. The molecule has 3 rings (SSSR count). The number of amides is 1. The smallest absolute Gasteiger partial charge is 0.416 e. The molecule has 0 aliphatic carbocycles. The molecule has 0 saturated heterocycles. The van der Waals surface area contributed by atoms with Gasteiger partial charge in [0.2, 0.25) is 0 Å². The predicted molar refractivity (Wildman–Crippen MR) is 120 cm³/mol. The van der Waals surface area contributed by atoms with E-state index in [0.717, 1.165) is 35.0 Å². The molecule has 0 saturated carbocycles. The molecule has 0 bridgehead atoms. The maximum Gasteiger partial charge on any atom is 0.416 e. The zero-order valence-corrected chi connectivity index (χ0v) is 19.0. The van der Waals surface area contributed by atoms with Gasteiger partial charge in [0.25, 0.3) is 5.91 Å². The van der Waals surface area contributed by atoms with Gasteiger partial charge in [0, 0.05) is 11.1 Å². The zero-order valence-electron chi connectivity index (χ0n) is 18.2. The summed E-state index contributed by atoms with van der Waals surface area (Å²) in [4.78, 5) is 35.8. The van der Waals surface area contributed by atoms with Gasteiger partial charge in [-0.15, -0.1) is 0 Å². The highest BCUT2D eigenvalue weighted by atomic mass is 35.5. The Labute approximate surface area is 206 Å². The van der Waals surface area contributed by atoms with E-state index in [-0.39, 0.29) is 18.0 Å². The molecule has 0 unspecified atom stereocenters. The van der Waals surface area contributed by atoms with Gasteiger partial charge < -0.3 is 20.6 Å². The minimum atomic E-state index is -4.54. The lowest BCUT2D eigenvalue weighted by molar-refractivity contribution is -0.148. The summed E-state index contributed by atoms with van der Waals surface area (Å²) in [6, 6.07) is 9.96. The fourth-order valence-corrected chi connectivity index (χ4v) is 3.56. The molecule has 36 heavy (non-hydrogen) atoms. The number of benzene rings is 2. The number of carbonyl (C=O) groups is 3. The lowest BCUT2D eigenvalue weighted by atomic mass is 10.0. The van der Waals surface area contributed by atoms with Gasteiger partial charge in [0.15, 0.2) is 11.8 Å². The van der Waals surface area contributed by atoms with E-state index in [1.807, 2.05) is 0 Å². The maximum atomic E-state index is 12.8. The van der Waals surface area contributed by atoms with Crippen molar-refractivity contribution in [1.82, 2.24) is 15.1 Å². The summed E-state index contributed by atoms with van der Waals surface area (Å²) in [5.41, 5.74) is -0.975. The third-order valence-electron chi connectivity index (χ3n) is 5.19. The van der Waals surface area contributed by atoms with Crippen molar-refractivity contribution in [3.63, 3.8) is 0 Å². The Hall–Kier alpha value is -3.90. The molecular weight excluding hydrogens is 507 g/mol. The average Bonchev–Trinajstić information content (AvgIpc) is 3.23. The molecule has 1 amide bonds. The lowest BCUT2D eigenvalue weighted by Crippen LogP contribution is -2.48. The van der Waals surface area contributed by atoms with Gasteiger partial charge >= 0.3 is 18.1 Å². The fourth-order valence-electron chi connectivity index (χ4n) is 3.35. The number of carboxylic acid groups (broad SMARTS) is 2. The molecule has 1 heterocycles. The van der Waals surface area contributed by atoms with Crippen molar-refractivity contribution in [2.45, 2.75) is 31.3 Å². The Bertz CT molecular complexity index is 1280. The number of halogens is 4. The molecule has 1 aromatic heterocycles. The second-order valence-corrected chi connectivity index (χ2v) is 8.14. The second kappa shape index (κ2) is 10.8. The molecule has 4 N–H and O–H groups in total. The summed E-state index contributed by atoms with van der Waals surface area (Å²) in [6.07, 6.45) is -6.71. The standard InChI is InChI=1S/C23H19ClF3N3O6/c24-15-4-2-1-3-13(15)9-16(19(31)22(35)36)28-20(32)17-10-18(21(33)34)30(29-17)11-12-5-7-14(8-6-12)23(25,26)27/h1-8,10,16,19,31H,9,11H2,(H,28,32)(H,33,34)(H,35,36)/t16-,19-/m1/s1. The van der Waals surface area contributed by atoms with Crippen LogP contribution in [-0.2, 0) is 23.9 Å². The van der Waals surface area contributed by atoms with E-state index < -0.39 is 53.1 Å². The van der Waals surface area contributed by atoms with Crippen molar-refractivity contribution in [1.29, 1.82) is 0 Å². The Balaban J connectivity index is 1.84. The number of nitrogens with zero attached hydrogens (tertiary/aromatic N) is 2. The number of aliphatic hydroxyl groups excluding tert-OH is 1. The number of hydrogen-bond acceptors (Lipinski definition) is 5. The van der Waals surface area contributed by atoms with E-state index in [9.17, 15) is 42.9 Å². The zero-order chi connectivity index (χ0) is 26.6. The summed E-state index contributed by atoms with van der Waals surface area (Å²) < 4.78 is 39.2. The molecule has 190 valence electrons. The van der Waals surface area contributed by atoms with Gasteiger partial charge in [-0.1, -0.05) is 41.9 Å². The van der Waals surface area contributed by atoms with Crippen LogP contribution in [0.15, 0.2) is 54.6 Å². The number of carboxylic acids is 2. The maximum absolute atomic E-state index is 12.8. The van der Waals surface area contributed by atoms with Crippen molar-refractivity contribution < 1.29 is 42.9 Å². The van der Waals surface area contributed by atoms with E-state index in [0.29, 0.717) is 11.1 Å². The molecule has 2 aromatic carbocycles. The minimum absolute atomic E-state index is 0.156. The van der Waals surface area contributed by atoms with Gasteiger partial charge in [-0.05, 0) is 35.7 Å². The quantitative estimate of drug-likeness (QED) is 0.336. The first-order valence-corrected chi connectivity index (χ1v) is 10.7. The van der Waals surface area contributed by atoms with Gasteiger partial charge in [-0.25, -0.2) is 9.59 Å². The number of aliphatic carboxylic acids is 1. The van der Waals surface area contributed by atoms with Gasteiger partial charge in [-0.2, -0.15) is 18.3 Å². The van der Waals surface area contributed by atoms with Crippen molar-refractivity contribution >= 4 is 29.4 Å². The first-order chi connectivity index (χ1) is 16.9. The number of carbonyl (C=O) groups excluding carboxylic acids is 1. The summed E-state index contributed by atoms with van der Waals surface area (Å²) >= 11 is 6.09. The number of aliphatic hydroxyl groups is 1.